The van der Waals surface area contributed by atoms with Gasteiger partial charge in [0.15, 0.2) is 0 Å². The Bertz CT molecular complexity index is 1730. The number of anilines is 1. The first-order chi connectivity index (χ1) is 20.0. The molecule has 1 aromatic heterocycles. The summed E-state index contributed by atoms with van der Waals surface area (Å²) in [7, 11) is 0. The van der Waals surface area contributed by atoms with Gasteiger partial charge in [-0.3, -0.25) is 19.9 Å². The Kier molecular flexibility index (Phi) is 8.91. The van der Waals surface area contributed by atoms with Gasteiger partial charge in [-0.2, -0.15) is 4.99 Å². The average molecular weight is 562 g/mol. The van der Waals surface area contributed by atoms with Crippen molar-refractivity contribution in [2.75, 3.05) is 5.32 Å². The Morgan fingerprint density at radius 1 is 0.951 bits per heavy atom. The Hall–Kier alpha value is -4.69. The number of H-pyrrole nitrogens is 1. The molecule has 1 heterocycles. The van der Waals surface area contributed by atoms with Gasteiger partial charge >= 0.3 is 0 Å². The highest BCUT2D eigenvalue weighted by Gasteiger charge is 2.20. The fourth-order valence-corrected chi connectivity index (χ4v) is 5.32. The third-order valence-electron chi connectivity index (χ3n) is 6.62. The Balaban J connectivity index is 1.47. The van der Waals surface area contributed by atoms with Crippen LogP contribution in [0.5, 0.6) is 0 Å². The molecule has 0 spiro atoms. The van der Waals surface area contributed by atoms with Crippen molar-refractivity contribution in [1.82, 2.24) is 15.3 Å². The second kappa shape index (κ2) is 13.1. The Morgan fingerprint density at radius 2 is 1.68 bits per heavy atom. The molecule has 1 atom stereocenters. The van der Waals surface area contributed by atoms with E-state index in [1.807, 2.05) is 98.8 Å². The number of aryl methyl sites for hydroxylation is 1. The molecule has 0 saturated heterocycles. The summed E-state index contributed by atoms with van der Waals surface area (Å²) in [5, 5.41) is 8.26. The van der Waals surface area contributed by atoms with Gasteiger partial charge in [0.05, 0.1) is 11.6 Å². The van der Waals surface area contributed by atoms with Crippen LogP contribution in [0.25, 0.3) is 10.8 Å². The minimum atomic E-state index is -0.375. The van der Waals surface area contributed by atoms with E-state index < -0.39 is 0 Å². The van der Waals surface area contributed by atoms with Gasteiger partial charge in [-0.1, -0.05) is 91.3 Å². The molecule has 3 N–H and O–H groups in total. The first kappa shape index (κ1) is 27.9. The van der Waals surface area contributed by atoms with Crippen molar-refractivity contribution in [2.24, 2.45) is 4.99 Å². The SMILES string of the molecule is CC[C@@H](C(=O)NC(=Nc1nc(CSc2ccc(C)cc2)cc(=O)[nH]1)Nc1cccc2ccccc12)c1ccccc1. The molecular weight excluding hydrogens is 530 g/mol. The third kappa shape index (κ3) is 7.29. The summed E-state index contributed by atoms with van der Waals surface area (Å²) in [5.41, 5.74) is 3.14. The number of carbonyl (C=O) groups excluding carboxylic acids is 1. The molecule has 4 aromatic carbocycles. The van der Waals surface area contributed by atoms with Crippen molar-refractivity contribution in [3.63, 3.8) is 0 Å². The first-order valence-electron chi connectivity index (χ1n) is 13.5. The summed E-state index contributed by atoms with van der Waals surface area (Å²) in [6.45, 7) is 4.02. The van der Waals surface area contributed by atoms with Crippen LogP contribution >= 0.6 is 11.8 Å². The predicted molar refractivity (Wildman–Crippen MR) is 168 cm³/mol. The maximum Gasteiger partial charge on any atom is 0.252 e. The normalized spacial score (nSPS) is 12.2. The maximum atomic E-state index is 13.5. The number of carbonyl (C=O) groups is 1. The minimum absolute atomic E-state index is 0.104. The average Bonchev–Trinajstić information content (AvgIpc) is 2.98. The lowest BCUT2D eigenvalue weighted by atomic mass is 9.96. The zero-order valence-electron chi connectivity index (χ0n) is 22.9. The summed E-state index contributed by atoms with van der Waals surface area (Å²) in [5.74, 6) is 0.193. The number of aliphatic imine (C=N–C) groups is 1. The second-order valence-electron chi connectivity index (χ2n) is 9.63. The van der Waals surface area contributed by atoms with Crippen LogP contribution in [0.4, 0.5) is 11.6 Å². The number of aromatic nitrogens is 2. The van der Waals surface area contributed by atoms with Crippen LogP contribution in [0.3, 0.4) is 0 Å². The molecule has 1 amide bonds. The fourth-order valence-electron chi connectivity index (χ4n) is 4.53. The van der Waals surface area contributed by atoms with E-state index in [1.165, 1.54) is 11.6 Å². The summed E-state index contributed by atoms with van der Waals surface area (Å²) in [6.07, 6.45) is 0.609. The van der Waals surface area contributed by atoms with Crippen LogP contribution in [0.1, 0.15) is 36.1 Å². The quantitative estimate of drug-likeness (QED) is 0.108. The minimum Gasteiger partial charge on any atom is -0.325 e. The monoisotopic (exact) mass is 561 g/mol. The molecule has 41 heavy (non-hydrogen) atoms. The van der Waals surface area contributed by atoms with Crippen LogP contribution < -0.4 is 16.2 Å². The van der Waals surface area contributed by atoms with Gasteiger partial charge in [-0.25, -0.2) is 4.98 Å². The van der Waals surface area contributed by atoms with E-state index in [2.05, 4.69) is 37.7 Å². The largest absolute Gasteiger partial charge is 0.325 e. The molecule has 0 aliphatic heterocycles. The first-order valence-corrected chi connectivity index (χ1v) is 14.5. The summed E-state index contributed by atoms with van der Waals surface area (Å²) in [6, 6.07) is 33.1. The number of nitrogens with zero attached hydrogens (tertiary/aromatic N) is 2. The van der Waals surface area contributed by atoms with Crippen LogP contribution in [-0.2, 0) is 10.5 Å². The highest BCUT2D eigenvalue weighted by molar-refractivity contribution is 7.98. The number of benzene rings is 4. The highest BCUT2D eigenvalue weighted by Crippen LogP contribution is 2.25. The van der Waals surface area contributed by atoms with E-state index in [1.54, 1.807) is 11.8 Å². The van der Waals surface area contributed by atoms with Crippen LogP contribution in [0.15, 0.2) is 118 Å². The maximum absolute atomic E-state index is 13.5. The molecule has 0 aliphatic carbocycles. The topological polar surface area (TPSA) is 99.2 Å². The van der Waals surface area contributed by atoms with E-state index in [4.69, 9.17) is 0 Å². The van der Waals surface area contributed by atoms with Crippen LogP contribution in [0.2, 0.25) is 0 Å². The van der Waals surface area contributed by atoms with E-state index in [0.29, 0.717) is 17.9 Å². The van der Waals surface area contributed by atoms with Crippen LogP contribution in [-0.4, -0.2) is 21.8 Å². The number of nitrogens with one attached hydrogen (secondary N) is 3. The van der Waals surface area contributed by atoms with E-state index in [0.717, 1.165) is 26.9 Å². The fraction of sp³-hybridized carbons (Fsp3) is 0.152. The van der Waals surface area contributed by atoms with Crippen molar-refractivity contribution in [3.05, 3.63) is 130 Å². The van der Waals surface area contributed by atoms with Crippen LogP contribution in [0, 0.1) is 6.92 Å². The number of aromatic amines is 1. The van der Waals surface area contributed by atoms with Gasteiger partial charge in [-0.15, -0.1) is 11.8 Å². The van der Waals surface area contributed by atoms with Gasteiger partial charge in [0.1, 0.15) is 0 Å². The number of amides is 1. The molecule has 0 aliphatic rings. The number of guanidine groups is 1. The van der Waals surface area contributed by atoms with E-state index >= 15 is 0 Å². The van der Waals surface area contributed by atoms with Gasteiger partial charge in [-0.05, 0) is 42.5 Å². The van der Waals surface area contributed by atoms with Gasteiger partial charge in [0, 0.05) is 27.8 Å². The lowest BCUT2D eigenvalue weighted by Crippen LogP contribution is -2.39. The zero-order chi connectivity index (χ0) is 28.6. The molecule has 0 unspecified atom stereocenters. The number of rotatable bonds is 8. The summed E-state index contributed by atoms with van der Waals surface area (Å²) < 4.78 is 0. The molecule has 7 nitrogen and oxygen atoms in total. The molecule has 5 aromatic rings. The van der Waals surface area contributed by atoms with Gasteiger partial charge in [0.2, 0.25) is 17.8 Å². The van der Waals surface area contributed by atoms with Crippen molar-refractivity contribution in [1.29, 1.82) is 0 Å². The zero-order valence-corrected chi connectivity index (χ0v) is 23.7. The van der Waals surface area contributed by atoms with Crippen molar-refractivity contribution in [3.8, 4) is 0 Å². The van der Waals surface area contributed by atoms with E-state index in [9.17, 15) is 9.59 Å². The molecule has 206 valence electrons. The van der Waals surface area contributed by atoms with Gasteiger partial charge < -0.3 is 5.32 Å². The highest BCUT2D eigenvalue weighted by atomic mass is 32.2. The molecular formula is C33H31N5O2S. The lowest BCUT2D eigenvalue weighted by molar-refractivity contribution is -0.121. The molecule has 0 fully saturated rings. The second-order valence-corrected chi connectivity index (χ2v) is 10.7. The molecule has 8 heteroatoms. The molecule has 5 rings (SSSR count). The van der Waals surface area contributed by atoms with Crippen molar-refractivity contribution in [2.45, 2.75) is 36.8 Å². The predicted octanol–water partition coefficient (Wildman–Crippen LogP) is 6.93. The number of thioether (sulfide) groups is 1. The smallest absolute Gasteiger partial charge is 0.252 e. The Morgan fingerprint density at radius 3 is 2.46 bits per heavy atom. The Labute approximate surface area is 243 Å². The third-order valence-corrected chi connectivity index (χ3v) is 7.66. The molecule has 0 bridgehead atoms. The summed E-state index contributed by atoms with van der Waals surface area (Å²) in [4.78, 5) is 39.0. The lowest BCUT2D eigenvalue weighted by Gasteiger charge is -2.18. The van der Waals surface area contributed by atoms with Crippen molar-refractivity contribution < 1.29 is 4.79 Å². The van der Waals surface area contributed by atoms with Crippen molar-refractivity contribution >= 4 is 46.0 Å². The number of hydrogen-bond acceptors (Lipinski definition) is 5. The standard InChI is InChI=1S/C33H31N5O2S/c1-3-27(23-10-5-4-6-11-23)31(40)37-33(35-29-15-9-13-24-12-7-8-14-28(24)29)38-32-34-25(20-30(39)36-32)21-41-26-18-16-22(2)17-19-26/h4-20,27H,3,21H2,1-2H3,(H3,34,35,36,37,38,39,40)/t27-/m1/s1. The van der Waals surface area contributed by atoms with E-state index in [-0.39, 0.29) is 29.3 Å². The molecule has 0 saturated carbocycles. The number of hydrogen-bond donors (Lipinski definition) is 3. The summed E-state index contributed by atoms with van der Waals surface area (Å²) >= 11 is 1.59. The molecule has 0 radical (unpaired) electrons. The number of fused-ring (bicyclic) bond motifs is 1. The van der Waals surface area contributed by atoms with Gasteiger partial charge in [0.25, 0.3) is 5.56 Å².